The van der Waals surface area contributed by atoms with Crippen LogP contribution in [0.25, 0.3) is 0 Å². The molecule has 1 N–H and O–H groups in total. The van der Waals surface area contributed by atoms with Crippen molar-refractivity contribution in [2.75, 3.05) is 32.1 Å². The summed E-state index contributed by atoms with van der Waals surface area (Å²) in [5.74, 6) is 1.39. The van der Waals surface area contributed by atoms with Crippen molar-refractivity contribution in [1.82, 2.24) is 15.3 Å². The Hall–Kier alpha value is -2.63. The predicted molar refractivity (Wildman–Crippen MR) is 99.2 cm³/mol. The number of unbranched alkanes of at least 4 members (excludes halogenated alkanes) is 1. The second-order valence-corrected chi connectivity index (χ2v) is 5.89. The number of methoxy groups -OCH3 is 1. The molecule has 1 aromatic heterocycles. The van der Waals surface area contributed by atoms with Gasteiger partial charge < -0.3 is 15.0 Å². The first-order chi connectivity index (χ1) is 12.1. The number of anilines is 1. The molecule has 0 radical (unpaired) electrons. The van der Waals surface area contributed by atoms with Gasteiger partial charge in [-0.25, -0.2) is 9.97 Å². The highest BCUT2D eigenvalue weighted by molar-refractivity contribution is 5.92. The molecule has 1 heterocycles. The summed E-state index contributed by atoms with van der Waals surface area (Å²) in [6, 6.07) is 7.81. The van der Waals surface area contributed by atoms with E-state index in [4.69, 9.17) is 4.74 Å². The van der Waals surface area contributed by atoms with Gasteiger partial charge in [0.1, 0.15) is 17.3 Å². The number of hydrogen-bond donors (Lipinski definition) is 1. The Morgan fingerprint density at radius 3 is 2.80 bits per heavy atom. The van der Waals surface area contributed by atoms with Crippen molar-refractivity contribution >= 4 is 11.7 Å². The summed E-state index contributed by atoms with van der Waals surface area (Å²) < 4.78 is 5.20. The fourth-order valence-electron chi connectivity index (χ4n) is 2.38. The molecule has 2 rings (SSSR count). The lowest BCUT2D eigenvalue weighted by molar-refractivity contribution is 0.0949. The van der Waals surface area contributed by atoms with Crippen molar-refractivity contribution in [2.45, 2.75) is 26.2 Å². The van der Waals surface area contributed by atoms with Crippen molar-refractivity contribution < 1.29 is 9.53 Å². The molecule has 0 bridgehead atoms. The number of benzene rings is 1. The van der Waals surface area contributed by atoms with Crippen LogP contribution in [0.4, 0.5) is 5.82 Å². The number of ether oxygens (including phenoxy) is 1. The van der Waals surface area contributed by atoms with Gasteiger partial charge in [0, 0.05) is 20.1 Å². The van der Waals surface area contributed by atoms with Gasteiger partial charge in [-0.1, -0.05) is 25.5 Å². The molecule has 1 aromatic carbocycles. The molecule has 6 heteroatoms. The van der Waals surface area contributed by atoms with Crippen LogP contribution >= 0.6 is 0 Å². The molecule has 0 aliphatic carbocycles. The first-order valence-corrected chi connectivity index (χ1v) is 8.58. The standard InChI is InChI=1S/C19H26N4O2/c1-4-5-11-23(2)18-14-21-17(13-22-18)19(24)20-10-9-15-7-6-8-16(12-15)25-3/h6-8,12-14H,4-5,9-11H2,1-3H3,(H,20,24). The molecule has 6 nitrogen and oxygen atoms in total. The van der Waals surface area contributed by atoms with Crippen molar-refractivity contribution in [2.24, 2.45) is 0 Å². The number of carbonyl (C=O) groups is 1. The molecule has 25 heavy (non-hydrogen) atoms. The molecular formula is C19H26N4O2. The van der Waals surface area contributed by atoms with Gasteiger partial charge >= 0.3 is 0 Å². The van der Waals surface area contributed by atoms with Crippen LogP contribution in [0, 0.1) is 0 Å². The average Bonchev–Trinajstić information content (AvgIpc) is 2.66. The van der Waals surface area contributed by atoms with E-state index < -0.39 is 0 Å². The van der Waals surface area contributed by atoms with Gasteiger partial charge in [0.15, 0.2) is 0 Å². The summed E-state index contributed by atoms with van der Waals surface area (Å²) in [6.07, 6.45) is 6.13. The molecule has 0 fully saturated rings. The number of hydrogen-bond acceptors (Lipinski definition) is 5. The number of aromatic nitrogens is 2. The van der Waals surface area contributed by atoms with E-state index in [0.717, 1.165) is 42.9 Å². The molecule has 0 atom stereocenters. The minimum Gasteiger partial charge on any atom is -0.497 e. The first-order valence-electron chi connectivity index (χ1n) is 8.58. The third kappa shape index (κ3) is 5.74. The summed E-state index contributed by atoms with van der Waals surface area (Å²) in [7, 11) is 3.62. The third-order valence-corrected chi connectivity index (χ3v) is 3.94. The normalized spacial score (nSPS) is 10.4. The number of nitrogens with zero attached hydrogens (tertiary/aromatic N) is 3. The van der Waals surface area contributed by atoms with E-state index in [1.165, 1.54) is 6.20 Å². The van der Waals surface area contributed by atoms with Gasteiger partial charge in [0.2, 0.25) is 0 Å². The topological polar surface area (TPSA) is 67.4 Å². The molecule has 0 aliphatic rings. The molecule has 0 spiro atoms. The van der Waals surface area contributed by atoms with Crippen LogP contribution in [0.5, 0.6) is 5.75 Å². The van der Waals surface area contributed by atoms with E-state index in [1.54, 1.807) is 13.3 Å². The lowest BCUT2D eigenvalue weighted by atomic mass is 10.1. The van der Waals surface area contributed by atoms with Crippen molar-refractivity contribution in [3.05, 3.63) is 47.9 Å². The number of amides is 1. The molecule has 1 amide bonds. The zero-order valence-corrected chi connectivity index (χ0v) is 15.2. The number of carbonyl (C=O) groups excluding carboxylic acids is 1. The van der Waals surface area contributed by atoms with Gasteiger partial charge in [-0.3, -0.25) is 4.79 Å². The van der Waals surface area contributed by atoms with Crippen molar-refractivity contribution in [3.8, 4) is 5.75 Å². The SMILES string of the molecule is CCCCN(C)c1cnc(C(=O)NCCc2cccc(OC)c2)cn1. The smallest absolute Gasteiger partial charge is 0.271 e. The van der Waals surface area contributed by atoms with Crippen LogP contribution in [-0.4, -0.2) is 43.1 Å². The molecule has 134 valence electrons. The Morgan fingerprint density at radius 1 is 1.28 bits per heavy atom. The highest BCUT2D eigenvalue weighted by atomic mass is 16.5. The molecule has 0 aliphatic heterocycles. The number of nitrogens with one attached hydrogen (secondary N) is 1. The maximum atomic E-state index is 12.2. The maximum absolute atomic E-state index is 12.2. The second-order valence-electron chi connectivity index (χ2n) is 5.89. The monoisotopic (exact) mass is 342 g/mol. The highest BCUT2D eigenvalue weighted by Crippen LogP contribution is 2.12. The van der Waals surface area contributed by atoms with Gasteiger partial charge in [0.05, 0.1) is 19.5 Å². The zero-order chi connectivity index (χ0) is 18.1. The van der Waals surface area contributed by atoms with Gasteiger partial charge in [-0.2, -0.15) is 0 Å². The predicted octanol–water partition coefficient (Wildman–Crippen LogP) is 2.69. The van der Waals surface area contributed by atoms with Gasteiger partial charge in [-0.15, -0.1) is 0 Å². The van der Waals surface area contributed by atoms with Gasteiger partial charge in [-0.05, 0) is 30.5 Å². The Labute approximate surface area is 149 Å². The Kier molecular flexibility index (Phi) is 7.19. The first kappa shape index (κ1) is 18.7. The van der Waals surface area contributed by atoms with E-state index >= 15 is 0 Å². The molecule has 0 unspecified atom stereocenters. The fraction of sp³-hybridized carbons (Fsp3) is 0.421. The van der Waals surface area contributed by atoms with Crippen LogP contribution in [0.3, 0.4) is 0 Å². The van der Waals surface area contributed by atoms with E-state index in [2.05, 4.69) is 22.2 Å². The lowest BCUT2D eigenvalue weighted by Gasteiger charge is -2.17. The highest BCUT2D eigenvalue weighted by Gasteiger charge is 2.09. The average molecular weight is 342 g/mol. The zero-order valence-electron chi connectivity index (χ0n) is 15.2. The van der Waals surface area contributed by atoms with E-state index in [-0.39, 0.29) is 5.91 Å². The quantitative estimate of drug-likeness (QED) is 0.759. The van der Waals surface area contributed by atoms with E-state index in [1.807, 2.05) is 36.2 Å². The van der Waals surface area contributed by atoms with Crippen LogP contribution in [0.2, 0.25) is 0 Å². The Morgan fingerprint density at radius 2 is 2.12 bits per heavy atom. The minimum atomic E-state index is -0.210. The Balaban J connectivity index is 1.84. The summed E-state index contributed by atoms with van der Waals surface area (Å²) in [5, 5.41) is 2.87. The van der Waals surface area contributed by atoms with E-state index in [0.29, 0.717) is 12.2 Å². The largest absolute Gasteiger partial charge is 0.497 e. The Bertz CT molecular complexity index is 673. The molecule has 0 saturated carbocycles. The lowest BCUT2D eigenvalue weighted by Crippen LogP contribution is -2.27. The summed E-state index contributed by atoms with van der Waals surface area (Å²) in [5.41, 5.74) is 1.44. The summed E-state index contributed by atoms with van der Waals surface area (Å²) in [6.45, 7) is 3.61. The van der Waals surface area contributed by atoms with Gasteiger partial charge in [0.25, 0.3) is 5.91 Å². The third-order valence-electron chi connectivity index (χ3n) is 3.94. The van der Waals surface area contributed by atoms with E-state index in [9.17, 15) is 4.79 Å². The van der Waals surface area contributed by atoms with Crippen molar-refractivity contribution in [1.29, 1.82) is 0 Å². The van der Waals surface area contributed by atoms with Crippen molar-refractivity contribution in [3.63, 3.8) is 0 Å². The summed E-state index contributed by atoms with van der Waals surface area (Å²) in [4.78, 5) is 22.8. The fourth-order valence-corrected chi connectivity index (χ4v) is 2.38. The second kappa shape index (κ2) is 9.61. The molecule has 0 saturated heterocycles. The summed E-state index contributed by atoms with van der Waals surface area (Å²) >= 11 is 0. The molecule has 2 aromatic rings. The van der Waals surface area contributed by atoms with Crippen LogP contribution in [-0.2, 0) is 6.42 Å². The van der Waals surface area contributed by atoms with Crippen LogP contribution in [0.15, 0.2) is 36.7 Å². The number of rotatable bonds is 9. The van der Waals surface area contributed by atoms with Crippen LogP contribution < -0.4 is 15.0 Å². The molecular weight excluding hydrogens is 316 g/mol. The van der Waals surface area contributed by atoms with Crippen LogP contribution in [0.1, 0.15) is 35.8 Å². The minimum absolute atomic E-state index is 0.210. The maximum Gasteiger partial charge on any atom is 0.271 e.